The summed E-state index contributed by atoms with van der Waals surface area (Å²) in [6.45, 7) is 8.14. The molecule has 0 saturated heterocycles. The molecule has 47 heavy (non-hydrogen) atoms. The molecule has 0 heterocycles. The SMILES string of the molecule is C=CC(=O)Oc1ccc(C(Cc2ccc(N(c3ccccc3)c3ccc4c(c3)C(C)(C)c3ccccc3-4)cc2)c2ccccc2)cc1. The molecule has 0 amide bonds. The Balaban J connectivity index is 1.22. The van der Waals surface area contributed by atoms with Crippen LogP contribution in [0.4, 0.5) is 17.1 Å². The predicted octanol–water partition coefficient (Wildman–Crippen LogP) is 10.9. The maximum Gasteiger partial charge on any atom is 0.335 e. The molecule has 7 rings (SSSR count). The van der Waals surface area contributed by atoms with Crippen LogP contribution in [0.25, 0.3) is 11.1 Å². The number of esters is 1. The van der Waals surface area contributed by atoms with Gasteiger partial charge in [0.05, 0.1) is 0 Å². The van der Waals surface area contributed by atoms with Gasteiger partial charge in [-0.2, -0.15) is 0 Å². The Morgan fingerprint density at radius 3 is 1.94 bits per heavy atom. The molecular formula is C44H37NO2. The molecular weight excluding hydrogens is 574 g/mol. The number of rotatable bonds is 9. The van der Waals surface area contributed by atoms with Crippen LogP contribution < -0.4 is 9.64 Å². The number of carbonyl (C=O) groups excluding carboxylic acids is 1. The van der Waals surface area contributed by atoms with Gasteiger partial charge in [0.1, 0.15) is 5.75 Å². The Morgan fingerprint density at radius 2 is 1.23 bits per heavy atom. The first-order valence-electron chi connectivity index (χ1n) is 16.1. The second-order valence-corrected chi connectivity index (χ2v) is 12.6. The van der Waals surface area contributed by atoms with Crippen molar-refractivity contribution in [3.8, 4) is 16.9 Å². The smallest absolute Gasteiger partial charge is 0.335 e. The van der Waals surface area contributed by atoms with Gasteiger partial charge < -0.3 is 9.64 Å². The lowest BCUT2D eigenvalue weighted by Gasteiger charge is -2.28. The number of fused-ring (bicyclic) bond motifs is 3. The van der Waals surface area contributed by atoms with Gasteiger partial charge in [0.25, 0.3) is 0 Å². The van der Waals surface area contributed by atoms with Gasteiger partial charge in [-0.1, -0.05) is 124 Å². The zero-order valence-electron chi connectivity index (χ0n) is 26.8. The molecule has 3 nitrogen and oxygen atoms in total. The number of anilines is 3. The average Bonchev–Trinajstić information content (AvgIpc) is 3.35. The van der Waals surface area contributed by atoms with E-state index in [1.807, 2.05) is 30.3 Å². The summed E-state index contributed by atoms with van der Waals surface area (Å²) in [5, 5.41) is 0. The zero-order valence-corrected chi connectivity index (χ0v) is 26.8. The van der Waals surface area contributed by atoms with E-state index in [4.69, 9.17) is 4.74 Å². The summed E-state index contributed by atoms with van der Waals surface area (Å²) in [4.78, 5) is 14.0. The van der Waals surface area contributed by atoms with Crippen LogP contribution in [-0.4, -0.2) is 5.97 Å². The van der Waals surface area contributed by atoms with E-state index >= 15 is 0 Å². The van der Waals surface area contributed by atoms with E-state index < -0.39 is 5.97 Å². The fraction of sp³-hybridized carbons (Fsp3) is 0.114. The maximum atomic E-state index is 11.7. The van der Waals surface area contributed by atoms with Gasteiger partial charge in [0, 0.05) is 34.5 Å². The molecule has 0 aliphatic heterocycles. The maximum absolute atomic E-state index is 11.7. The van der Waals surface area contributed by atoms with Crippen molar-refractivity contribution in [2.45, 2.75) is 31.6 Å². The molecule has 3 heteroatoms. The minimum atomic E-state index is -0.462. The average molecular weight is 612 g/mol. The number of para-hydroxylation sites is 1. The Bertz CT molecular complexity index is 2030. The van der Waals surface area contributed by atoms with Crippen LogP contribution in [0, 0.1) is 0 Å². The van der Waals surface area contributed by atoms with Crippen LogP contribution in [0.15, 0.2) is 164 Å². The minimum Gasteiger partial charge on any atom is -0.423 e. The minimum absolute atomic E-state index is 0.0773. The first kappa shape index (κ1) is 30.0. The normalized spacial score (nSPS) is 13.2. The van der Waals surface area contributed by atoms with E-state index in [9.17, 15) is 4.79 Å². The first-order chi connectivity index (χ1) is 22.9. The van der Waals surface area contributed by atoms with Crippen molar-refractivity contribution in [2.75, 3.05) is 4.90 Å². The molecule has 0 spiro atoms. The second kappa shape index (κ2) is 12.6. The highest BCUT2D eigenvalue weighted by Gasteiger charge is 2.35. The zero-order chi connectivity index (χ0) is 32.4. The molecule has 1 atom stereocenters. The summed E-state index contributed by atoms with van der Waals surface area (Å²) in [6.07, 6.45) is 2.00. The van der Waals surface area contributed by atoms with E-state index in [1.54, 1.807) is 0 Å². The Morgan fingerprint density at radius 1 is 0.660 bits per heavy atom. The van der Waals surface area contributed by atoms with Gasteiger partial charge in [0.2, 0.25) is 0 Å². The lowest BCUT2D eigenvalue weighted by molar-refractivity contribution is -0.128. The highest BCUT2D eigenvalue weighted by atomic mass is 16.5. The van der Waals surface area contributed by atoms with Gasteiger partial charge in [-0.05, 0) is 93.9 Å². The molecule has 1 unspecified atom stereocenters. The molecule has 0 aromatic heterocycles. The van der Waals surface area contributed by atoms with Crippen molar-refractivity contribution in [2.24, 2.45) is 0 Å². The van der Waals surface area contributed by atoms with E-state index in [2.05, 4.69) is 147 Å². The van der Waals surface area contributed by atoms with E-state index in [0.717, 1.165) is 29.0 Å². The monoisotopic (exact) mass is 611 g/mol. The molecule has 0 N–H and O–H groups in total. The molecule has 1 aliphatic rings. The number of nitrogens with zero attached hydrogens (tertiary/aromatic N) is 1. The molecule has 0 radical (unpaired) electrons. The summed E-state index contributed by atoms with van der Waals surface area (Å²) < 4.78 is 5.32. The van der Waals surface area contributed by atoms with Crippen LogP contribution in [0.5, 0.6) is 5.75 Å². The van der Waals surface area contributed by atoms with Gasteiger partial charge in [-0.25, -0.2) is 4.79 Å². The van der Waals surface area contributed by atoms with Crippen molar-refractivity contribution in [3.05, 3.63) is 192 Å². The lowest BCUT2D eigenvalue weighted by Crippen LogP contribution is -2.16. The molecule has 6 aromatic carbocycles. The Hall–Kier alpha value is -5.67. The highest BCUT2D eigenvalue weighted by molar-refractivity contribution is 5.85. The Kier molecular flexibility index (Phi) is 8.05. The third kappa shape index (κ3) is 5.89. The molecule has 0 bridgehead atoms. The standard InChI is InChI=1S/C44H37NO2/c1-4-43(46)47-37-26-21-33(22-27-37)40(32-13-7-5-8-14-32)29-31-19-23-35(24-20-31)45(34-15-9-6-10-16-34)36-25-28-39-38-17-11-12-18-41(38)44(2,3)42(39)30-36/h4-28,30,40H,1,29H2,2-3H3. The fourth-order valence-electron chi connectivity index (χ4n) is 6.91. The third-order valence-corrected chi connectivity index (χ3v) is 9.34. The van der Waals surface area contributed by atoms with Crippen molar-refractivity contribution in [3.63, 3.8) is 0 Å². The van der Waals surface area contributed by atoms with Crippen LogP contribution in [0.2, 0.25) is 0 Å². The summed E-state index contributed by atoms with van der Waals surface area (Å²) >= 11 is 0. The van der Waals surface area contributed by atoms with Crippen molar-refractivity contribution in [1.82, 2.24) is 0 Å². The summed E-state index contributed by atoms with van der Waals surface area (Å²) in [7, 11) is 0. The van der Waals surface area contributed by atoms with Crippen LogP contribution in [0.1, 0.15) is 47.6 Å². The highest BCUT2D eigenvalue weighted by Crippen LogP contribution is 2.50. The van der Waals surface area contributed by atoms with Crippen LogP contribution in [0.3, 0.4) is 0 Å². The van der Waals surface area contributed by atoms with Crippen molar-refractivity contribution in [1.29, 1.82) is 0 Å². The second-order valence-electron chi connectivity index (χ2n) is 12.6. The predicted molar refractivity (Wildman–Crippen MR) is 193 cm³/mol. The number of carbonyl (C=O) groups is 1. The summed E-state index contributed by atoms with van der Waals surface area (Å²) in [5.74, 6) is 0.183. The van der Waals surface area contributed by atoms with Gasteiger partial charge in [-0.15, -0.1) is 0 Å². The van der Waals surface area contributed by atoms with Gasteiger partial charge >= 0.3 is 5.97 Å². The summed E-state index contributed by atoms with van der Waals surface area (Å²) in [5.41, 5.74) is 12.3. The van der Waals surface area contributed by atoms with E-state index in [1.165, 1.54) is 39.5 Å². The Labute approximate surface area is 277 Å². The van der Waals surface area contributed by atoms with Gasteiger partial charge in [-0.3, -0.25) is 0 Å². The first-order valence-corrected chi connectivity index (χ1v) is 16.1. The topological polar surface area (TPSA) is 29.5 Å². The molecule has 230 valence electrons. The third-order valence-electron chi connectivity index (χ3n) is 9.34. The number of hydrogen-bond donors (Lipinski definition) is 0. The summed E-state index contributed by atoms with van der Waals surface area (Å²) in [6, 6.07) is 53.6. The number of ether oxygens (including phenoxy) is 1. The molecule has 6 aromatic rings. The molecule has 0 saturated carbocycles. The van der Waals surface area contributed by atoms with Crippen molar-refractivity contribution < 1.29 is 9.53 Å². The molecule has 1 aliphatic carbocycles. The molecule has 0 fully saturated rings. The number of hydrogen-bond acceptors (Lipinski definition) is 3. The largest absolute Gasteiger partial charge is 0.423 e. The van der Waals surface area contributed by atoms with Gasteiger partial charge in [0.15, 0.2) is 0 Å². The fourth-order valence-corrected chi connectivity index (χ4v) is 6.91. The van der Waals surface area contributed by atoms with E-state index in [-0.39, 0.29) is 11.3 Å². The van der Waals surface area contributed by atoms with Crippen LogP contribution in [-0.2, 0) is 16.6 Å². The van der Waals surface area contributed by atoms with Crippen molar-refractivity contribution >= 4 is 23.0 Å². The van der Waals surface area contributed by atoms with E-state index in [0.29, 0.717) is 5.75 Å². The van der Waals surface area contributed by atoms with Crippen LogP contribution >= 0.6 is 0 Å². The lowest BCUT2D eigenvalue weighted by atomic mass is 9.82. The quantitative estimate of drug-likeness (QED) is 0.0925. The number of benzene rings is 6.